The van der Waals surface area contributed by atoms with Crippen LogP contribution in [0.4, 0.5) is 15.0 Å². The molecule has 2 N–H and O–H groups in total. The molecule has 0 aliphatic carbocycles. The van der Waals surface area contributed by atoms with E-state index in [1.807, 2.05) is 39.0 Å². The SMILES string of the molecule is CC(C)(C)OC(=O)N1CC[C@H](Nc2nc(-c3cc(F)ccc3O)nc3cc(Br)ccc23)C1. The molecule has 7 nitrogen and oxygen atoms in total. The van der Waals surface area contributed by atoms with Crippen molar-refractivity contribution in [2.45, 2.75) is 38.8 Å². The number of benzene rings is 2. The van der Waals surface area contributed by atoms with Gasteiger partial charge in [0.05, 0.1) is 11.1 Å². The fourth-order valence-corrected chi connectivity index (χ4v) is 3.93. The number of aromatic nitrogens is 2. The van der Waals surface area contributed by atoms with Gasteiger partial charge in [0.2, 0.25) is 0 Å². The Morgan fingerprint density at radius 2 is 2.03 bits per heavy atom. The van der Waals surface area contributed by atoms with Crippen molar-refractivity contribution in [1.82, 2.24) is 14.9 Å². The van der Waals surface area contributed by atoms with Crippen molar-refractivity contribution in [2.75, 3.05) is 18.4 Å². The number of phenols is 1. The van der Waals surface area contributed by atoms with Crippen LogP contribution in [0.5, 0.6) is 5.75 Å². The van der Waals surface area contributed by atoms with Gasteiger partial charge in [0.25, 0.3) is 0 Å². The number of aromatic hydroxyl groups is 1. The quantitative estimate of drug-likeness (QED) is 0.503. The number of nitrogens with zero attached hydrogens (tertiary/aromatic N) is 3. The van der Waals surface area contributed by atoms with Gasteiger partial charge in [0.1, 0.15) is 23.0 Å². The zero-order valence-corrected chi connectivity index (χ0v) is 19.6. The molecule has 3 aromatic rings. The summed E-state index contributed by atoms with van der Waals surface area (Å²) in [5.74, 6) is 0.159. The van der Waals surface area contributed by atoms with E-state index in [0.717, 1.165) is 16.3 Å². The second-order valence-corrected chi connectivity index (χ2v) is 9.69. The summed E-state index contributed by atoms with van der Waals surface area (Å²) in [7, 11) is 0. The molecule has 32 heavy (non-hydrogen) atoms. The molecule has 1 aliphatic heterocycles. The topological polar surface area (TPSA) is 87.6 Å². The maximum absolute atomic E-state index is 13.8. The molecule has 1 aliphatic rings. The van der Waals surface area contributed by atoms with E-state index >= 15 is 0 Å². The van der Waals surface area contributed by atoms with E-state index in [9.17, 15) is 14.3 Å². The Bertz CT molecular complexity index is 1180. The Morgan fingerprint density at radius 1 is 1.25 bits per heavy atom. The van der Waals surface area contributed by atoms with Gasteiger partial charge in [-0.15, -0.1) is 0 Å². The van der Waals surface area contributed by atoms with Gasteiger partial charge in [-0.1, -0.05) is 15.9 Å². The fourth-order valence-electron chi connectivity index (χ4n) is 3.58. The number of phenolic OH excluding ortho intramolecular Hbond substituents is 1. The normalized spacial score (nSPS) is 16.4. The summed E-state index contributed by atoms with van der Waals surface area (Å²) in [4.78, 5) is 23.2. The molecule has 1 saturated heterocycles. The average Bonchev–Trinajstić information content (AvgIpc) is 3.17. The molecule has 2 heterocycles. The third-order valence-corrected chi connectivity index (χ3v) is 5.53. The number of hydrogen-bond acceptors (Lipinski definition) is 6. The molecule has 1 fully saturated rings. The first-order valence-electron chi connectivity index (χ1n) is 10.3. The van der Waals surface area contributed by atoms with E-state index in [1.54, 1.807) is 4.90 Å². The number of amides is 1. The molecule has 9 heteroatoms. The van der Waals surface area contributed by atoms with Gasteiger partial charge >= 0.3 is 6.09 Å². The number of anilines is 1. The highest BCUT2D eigenvalue weighted by Crippen LogP contribution is 2.32. The van der Waals surface area contributed by atoms with Crippen LogP contribution in [0.25, 0.3) is 22.3 Å². The molecular weight excluding hydrogens is 479 g/mol. The lowest BCUT2D eigenvalue weighted by Crippen LogP contribution is -2.36. The van der Waals surface area contributed by atoms with E-state index in [4.69, 9.17) is 4.74 Å². The summed E-state index contributed by atoms with van der Waals surface area (Å²) in [6, 6.07) is 9.23. The first-order chi connectivity index (χ1) is 15.1. The Labute approximate surface area is 193 Å². The molecule has 0 radical (unpaired) electrons. The van der Waals surface area contributed by atoms with E-state index in [1.165, 1.54) is 18.2 Å². The number of ether oxygens (including phenoxy) is 1. The number of hydrogen-bond donors (Lipinski definition) is 2. The van der Waals surface area contributed by atoms with Gasteiger partial charge in [-0.3, -0.25) is 0 Å². The number of nitrogens with one attached hydrogen (secondary N) is 1. The predicted octanol–water partition coefficient (Wildman–Crippen LogP) is 5.33. The number of carbonyl (C=O) groups excluding carboxylic acids is 1. The summed E-state index contributed by atoms with van der Waals surface area (Å²) >= 11 is 3.45. The van der Waals surface area contributed by atoms with Gasteiger partial charge in [0, 0.05) is 29.0 Å². The maximum Gasteiger partial charge on any atom is 0.410 e. The van der Waals surface area contributed by atoms with Gasteiger partial charge < -0.3 is 20.1 Å². The van der Waals surface area contributed by atoms with Crippen molar-refractivity contribution in [2.24, 2.45) is 0 Å². The molecule has 0 bridgehead atoms. The Hall–Kier alpha value is -2.94. The summed E-state index contributed by atoms with van der Waals surface area (Å²) in [6.45, 7) is 6.55. The summed E-state index contributed by atoms with van der Waals surface area (Å²) in [5, 5.41) is 14.4. The van der Waals surface area contributed by atoms with Crippen molar-refractivity contribution in [3.05, 3.63) is 46.7 Å². The fraction of sp³-hybridized carbons (Fsp3) is 0.348. The van der Waals surface area contributed by atoms with Crippen molar-refractivity contribution in [3.8, 4) is 17.1 Å². The minimum Gasteiger partial charge on any atom is -0.507 e. The van der Waals surface area contributed by atoms with Crippen molar-refractivity contribution in [1.29, 1.82) is 0 Å². The maximum atomic E-state index is 13.8. The van der Waals surface area contributed by atoms with Gasteiger partial charge in [0.15, 0.2) is 5.82 Å². The highest BCUT2D eigenvalue weighted by molar-refractivity contribution is 9.10. The van der Waals surface area contributed by atoms with Crippen LogP contribution in [0.1, 0.15) is 27.2 Å². The third-order valence-electron chi connectivity index (χ3n) is 5.04. The van der Waals surface area contributed by atoms with Crippen LogP contribution in [0.15, 0.2) is 40.9 Å². The predicted molar refractivity (Wildman–Crippen MR) is 124 cm³/mol. The molecule has 4 rings (SSSR count). The average molecular weight is 503 g/mol. The Kier molecular flexibility index (Phi) is 5.94. The first kappa shape index (κ1) is 22.3. The zero-order valence-electron chi connectivity index (χ0n) is 18.0. The van der Waals surface area contributed by atoms with Crippen LogP contribution in [0, 0.1) is 5.82 Å². The summed E-state index contributed by atoms with van der Waals surface area (Å²) in [6.07, 6.45) is 0.380. The van der Waals surface area contributed by atoms with Crippen LogP contribution in [-0.4, -0.2) is 50.8 Å². The molecule has 2 aromatic carbocycles. The molecule has 1 aromatic heterocycles. The van der Waals surface area contributed by atoms with Crippen LogP contribution in [0.3, 0.4) is 0 Å². The van der Waals surface area contributed by atoms with E-state index in [2.05, 4.69) is 31.2 Å². The van der Waals surface area contributed by atoms with Gasteiger partial charge in [-0.2, -0.15) is 0 Å². The monoisotopic (exact) mass is 502 g/mol. The lowest BCUT2D eigenvalue weighted by molar-refractivity contribution is 0.0293. The van der Waals surface area contributed by atoms with E-state index in [-0.39, 0.29) is 29.3 Å². The van der Waals surface area contributed by atoms with Gasteiger partial charge in [-0.25, -0.2) is 19.2 Å². The molecule has 0 unspecified atom stereocenters. The van der Waals surface area contributed by atoms with Crippen LogP contribution >= 0.6 is 15.9 Å². The van der Waals surface area contributed by atoms with Crippen LogP contribution in [0.2, 0.25) is 0 Å². The first-order valence-corrected chi connectivity index (χ1v) is 11.1. The van der Waals surface area contributed by atoms with E-state index in [0.29, 0.717) is 24.4 Å². The Morgan fingerprint density at radius 3 is 2.78 bits per heavy atom. The number of rotatable bonds is 3. The largest absolute Gasteiger partial charge is 0.507 e. The van der Waals surface area contributed by atoms with Crippen LogP contribution < -0.4 is 5.32 Å². The van der Waals surface area contributed by atoms with Gasteiger partial charge in [-0.05, 0) is 63.6 Å². The zero-order chi connectivity index (χ0) is 23.0. The second-order valence-electron chi connectivity index (χ2n) is 8.78. The number of likely N-dealkylation sites (tertiary alicyclic amines) is 1. The van der Waals surface area contributed by atoms with Crippen LogP contribution in [-0.2, 0) is 4.74 Å². The molecule has 0 saturated carbocycles. The lowest BCUT2D eigenvalue weighted by Gasteiger charge is -2.24. The molecule has 0 spiro atoms. The molecule has 1 amide bonds. The minimum absolute atomic E-state index is 0.0433. The van der Waals surface area contributed by atoms with Crippen molar-refractivity contribution >= 4 is 38.7 Å². The number of fused-ring (bicyclic) bond motifs is 1. The number of carbonyl (C=O) groups is 1. The highest BCUT2D eigenvalue weighted by Gasteiger charge is 2.30. The highest BCUT2D eigenvalue weighted by atomic mass is 79.9. The lowest BCUT2D eigenvalue weighted by atomic mass is 10.1. The third kappa shape index (κ3) is 4.93. The molecular formula is C23H24BrFN4O3. The molecule has 1 atom stereocenters. The summed E-state index contributed by atoms with van der Waals surface area (Å²) in [5.41, 5.74) is 0.287. The minimum atomic E-state index is -0.555. The van der Waals surface area contributed by atoms with E-state index < -0.39 is 11.4 Å². The smallest absolute Gasteiger partial charge is 0.410 e. The summed E-state index contributed by atoms with van der Waals surface area (Å²) < 4.78 is 20.1. The van der Waals surface area contributed by atoms with Crippen molar-refractivity contribution in [3.63, 3.8) is 0 Å². The second kappa shape index (κ2) is 8.54. The molecule has 168 valence electrons. The number of halogens is 2. The Balaban J connectivity index is 1.65. The standard InChI is InChI=1S/C23H24BrFN4O3/c1-23(2,3)32-22(31)29-9-8-15(12-29)26-20-16-6-4-13(24)10-18(16)27-21(28-20)17-11-14(25)5-7-19(17)30/h4-7,10-11,15,30H,8-9,12H2,1-3H3,(H,26,27,28)/t15-/m0/s1. The van der Waals surface area contributed by atoms with Crippen molar-refractivity contribution < 1.29 is 19.0 Å².